The highest BCUT2D eigenvalue weighted by molar-refractivity contribution is 5.63. The highest BCUT2D eigenvalue weighted by Gasteiger charge is 1.99. The molecule has 2 nitrogen and oxygen atoms in total. The van der Waals surface area contributed by atoms with Gasteiger partial charge in [-0.05, 0) is 36.7 Å². The maximum Gasteiger partial charge on any atom is 0.0422 e. The Kier molecular flexibility index (Phi) is 3.32. The normalized spacial score (nSPS) is 10.4. The molecule has 0 radical (unpaired) electrons. The molecule has 0 saturated carbocycles. The van der Waals surface area contributed by atoms with Gasteiger partial charge in [-0.25, -0.2) is 0 Å². The second-order valence-corrected chi connectivity index (χ2v) is 3.94. The third-order valence-electron chi connectivity index (χ3n) is 2.60. The van der Waals surface area contributed by atoms with E-state index in [1.54, 1.807) is 0 Å². The molecule has 0 unspecified atom stereocenters. The van der Waals surface area contributed by atoms with Crippen molar-refractivity contribution in [2.45, 2.75) is 13.3 Å². The topological polar surface area (TPSA) is 38.9 Å². The lowest BCUT2D eigenvalue weighted by atomic mass is 10.0. The minimum Gasteiger partial charge on any atom is -0.330 e. The van der Waals surface area contributed by atoms with Crippen LogP contribution >= 0.6 is 0 Å². The fourth-order valence-corrected chi connectivity index (χ4v) is 1.69. The molecule has 2 rings (SSSR count). The Morgan fingerprint density at radius 3 is 2.50 bits per heavy atom. The standard InChI is InChI=1S/C14H16N2/c1-11-2-4-12(5-3-11)13-7-9-16-14(10-13)6-8-15/h2-5,7,9-10H,6,8,15H2,1H3. The molecule has 2 aromatic rings. The number of nitrogens with zero attached hydrogens (tertiary/aromatic N) is 1. The molecule has 0 saturated heterocycles. The van der Waals surface area contributed by atoms with Crippen LogP contribution in [0.15, 0.2) is 42.6 Å². The van der Waals surface area contributed by atoms with E-state index in [0.29, 0.717) is 6.54 Å². The van der Waals surface area contributed by atoms with Gasteiger partial charge >= 0.3 is 0 Å². The molecule has 0 atom stereocenters. The second-order valence-electron chi connectivity index (χ2n) is 3.94. The zero-order valence-corrected chi connectivity index (χ0v) is 9.48. The predicted octanol–water partition coefficient (Wildman–Crippen LogP) is 2.56. The van der Waals surface area contributed by atoms with Gasteiger partial charge in [0, 0.05) is 18.3 Å². The van der Waals surface area contributed by atoms with Gasteiger partial charge in [-0.15, -0.1) is 0 Å². The number of nitrogens with two attached hydrogens (primary N) is 1. The molecule has 2 N–H and O–H groups in total. The lowest BCUT2D eigenvalue weighted by molar-refractivity contribution is 0.924. The second kappa shape index (κ2) is 4.90. The van der Waals surface area contributed by atoms with Crippen molar-refractivity contribution in [2.75, 3.05) is 6.54 Å². The minimum absolute atomic E-state index is 0.643. The number of benzene rings is 1. The molecule has 1 aromatic carbocycles. The molecule has 1 heterocycles. The van der Waals surface area contributed by atoms with Crippen molar-refractivity contribution in [2.24, 2.45) is 5.73 Å². The summed E-state index contributed by atoms with van der Waals surface area (Å²) in [5.74, 6) is 0. The van der Waals surface area contributed by atoms with Gasteiger partial charge in [0.15, 0.2) is 0 Å². The monoisotopic (exact) mass is 212 g/mol. The van der Waals surface area contributed by atoms with Gasteiger partial charge in [0.05, 0.1) is 0 Å². The summed E-state index contributed by atoms with van der Waals surface area (Å²) in [6.45, 7) is 2.74. The zero-order valence-electron chi connectivity index (χ0n) is 9.48. The maximum atomic E-state index is 5.53. The van der Waals surface area contributed by atoms with Gasteiger partial charge in [0.2, 0.25) is 0 Å². The van der Waals surface area contributed by atoms with E-state index in [-0.39, 0.29) is 0 Å². The highest BCUT2D eigenvalue weighted by Crippen LogP contribution is 2.19. The van der Waals surface area contributed by atoms with Crippen LogP contribution < -0.4 is 5.73 Å². The van der Waals surface area contributed by atoms with Crippen LogP contribution in [0.1, 0.15) is 11.3 Å². The molecule has 0 amide bonds. The Hall–Kier alpha value is -1.67. The number of aromatic nitrogens is 1. The lowest BCUT2D eigenvalue weighted by Gasteiger charge is -2.04. The van der Waals surface area contributed by atoms with Crippen LogP contribution in [0.5, 0.6) is 0 Å². The molecule has 16 heavy (non-hydrogen) atoms. The van der Waals surface area contributed by atoms with Crippen molar-refractivity contribution in [1.82, 2.24) is 4.98 Å². The Bertz CT molecular complexity index is 460. The van der Waals surface area contributed by atoms with Crippen LogP contribution in [0.4, 0.5) is 0 Å². The summed E-state index contributed by atoms with van der Waals surface area (Å²) in [5.41, 5.74) is 10.3. The zero-order chi connectivity index (χ0) is 11.4. The summed E-state index contributed by atoms with van der Waals surface area (Å²) in [5, 5.41) is 0. The smallest absolute Gasteiger partial charge is 0.0422 e. The molecular weight excluding hydrogens is 196 g/mol. The molecule has 2 heteroatoms. The average molecular weight is 212 g/mol. The predicted molar refractivity (Wildman–Crippen MR) is 67.2 cm³/mol. The van der Waals surface area contributed by atoms with Crippen molar-refractivity contribution < 1.29 is 0 Å². The van der Waals surface area contributed by atoms with E-state index >= 15 is 0 Å². The molecule has 82 valence electrons. The molecule has 0 bridgehead atoms. The van der Waals surface area contributed by atoms with Crippen molar-refractivity contribution in [3.05, 3.63) is 53.9 Å². The van der Waals surface area contributed by atoms with Crippen molar-refractivity contribution in [3.63, 3.8) is 0 Å². The third kappa shape index (κ3) is 2.47. The summed E-state index contributed by atoms with van der Waals surface area (Å²) < 4.78 is 0. The molecule has 0 aliphatic heterocycles. The van der Waals surface area contributed by atoms with Gasteiger partial charge in [0.1, 0.15) is 0 Å². The Morgan fingerprint density at radius 2 is 1.81 bits per heavy atom. The molecule has 0 aliphatic carbocycles. The van der Waals surface area contributed by atoms with E-state index < -0.39 is 0 Å². The number of hydrogen-bond acceptors (Lipinski definition) is 2. The van der Waals surface area contributed by atoms with Crippen molar-refractivity contribution in [3.8, 4) is 11.1 Å². The first-order valence-corrected chi connectivity index (χ1v) is 5.51. The van der Waals surface area contributed by atoms with Gasteiger partial charge in [0.25, 0.3) is 0 Å². The first-order valence-electron chi connectivity index (χ1n) is 5.51. The Labute approximate surface area is 96.1 Å². The van der Waals surface area contributed by atoms with Gasteiger partial charge in [-0.2, -0.15) is 0 Å². The Morgan fingerprint density at radius 1 is 1.06 bits per heavy atom. The fraction of sp³-hybridized carbons (Fsp3) is 0.214. The molecule has 0 spiro atoms. The van der Waals surface area contributed by atoms with E-state index in [0.717, 1.165) is 12.1 Å². The van der Waals surface area contributed by atoms with Gasteiger partial charge < -0.3 is 5.73 Å². The first kappa shape index (κ1) is 10.8. The Balaban J connectivity index is 2.32. The van der Waals surface area contributed by atoms with Crippen molar-refractivity contribution in [1.29, 1.82) is 0 Å². The van der Waals surface area contributed by atoms with Crippen LogP contribution in [-0.4, -0.2) is 11.5 Å². The lowest BCUT2D eigenvalue weighted by Crippen LogP contribution is -2.04. The van der Waals surface area contributed by atoms with Crippen LogP contribution in [0.25, 0.3) is 11.1 Å². The fourth-order valence-electron chi connectivity index (χ4n) is 1.69. The summed E-state index contributed by atoms with van der Waals surface area (Å²) in [6.07, 6.45) is 2.68. The van der Waals surface area contributed by atoms with Crippen LogP contribution in [0.2, 0.25) is 0 Å². The minimum atomic E-state index is 0.643. The SMILES string of the molecule is Cc1ccc(-c2ccnc(CCN)c2)cc1. The quantitative estimate of drug-likeness (QED) is 0.849. The molecule has 0 aliphatic rings. The van der Waals surface area contributed by atoms with Crippen LogP contribution in [0.3, 0.4) is 0 Å². The third-order valence-corrected chi connectivity index (χ3v) is 2.60. The summed E-state index contributed by atoms with van der Waals surface area (Å²) in [7, 11) is 0. The number of rotatable bonds is 3. The molecule has 0 fully saturated rings. The largest absolute Gasteiger partial charge is 0.330 e. The van der Waals surface area contributed by atoms with E-state index in [1.165, 1.54) is 16.7 Å². The van der Waals surface area contributed by atoms with Gasteiger partial charge in [-0.1, -0.05) is 29.8 Å². The van der Waals surface area contributed by atoms with Crippen LogP contribution in [-0.2, 0) is 6.42 Å². The maximum absolute atomic E-state index is 5.53. The summed E-state index contributed by atoms with van der Waals surface area (Å²) in [4.78, 5) is 4.29. The average Bonchev–Trinajstić information content (AvgIpc) is 2.31. The summed E-state index contributed by atoms with van der Waals surface area (Å²) in [6, 6.07) is 12.7. The molecule has 1 aromatic heterocycles. The van der Waals surface area contributed by atoms with Crippen LogP contribution in [0, 0.1) is 6.92 Å². The number of aryl methyl sites for hydroxylation is 1. The first-order chi connectivity index (χ1) is 7.79. The van der Waals surface area contributed by atoms with Gasteiger partial charge in [-0.3, -0.25) is 4.98 Å². The van der Waals surface area contributed by atoms with E-state index in [2.05, 4.69) is 42.2 Å². The number of hydrogen-bond donors (Lipinski definition) is 1. The van der Waals surface area contributed by atoms with E-state index in [9.17, 15) is 0 Å². The molecular formula is C14H16N2. The van der Waals surface area contributed by atoms with E-state index in [4.69, 9.17) is 5.73 Å². The van der Waals surface area contributed by atoms with E-state index in [1.807, 2.05) is 12.3 Å². The number of pyridine rings is 1. The highest BCUT2D eigenvalue weighted by atomic mass is 14.7. The van der Waals surface area contributed by atoms with Crippen molar-refractivity contribution >= 4 is 0 Å². The summed E-state index contributed by atoms with van der Waals surface area (Å²) >= 11 is 0.